The van der Waals surface area contributed by atoms with Gasteiger partial charge in [-0.1, -0.05) is 49.6 Å². The summed E-state index contributed by atoms with van der Waals surface area (Å²) in [4.78, 5) is 27.8. The quantitative estimate of drug-likeness (QED) is 0.729. The Hall–Kier alpha value is -1.59. The zero-order valence-electron chi connectivity index (χ0n) is 16.7. The van der Waals surface area contributed by atoms with Gasteiger partial charge in [-0.2, -0.15) is 0 Å². The second kappa shape index (κ2) is 10.8. The largest absolute Gasteiger partial charge is 0.344 e. The Kier molecular flexibility index (Phi) is 8.77. The molecule has 0 bridgehead atoms. The van der Waals surface area contributed by atoms with Crippen molar-refractivity contribution in [1.29, 1.82) is 0 Å². The van der Waals surface area contributed by atoms with Gasteiger partial charge in [-0.25, -0.2) is 0 Å². The van der Waals surface area contributed by atoms with Crippen LogP contribution in [0.1, 0.15) is 56.9 Å². The third-order valence-corrected chi connectivity index (χ3v) is 6.22. The summed E-state index contributed by atoms with van der Waals surface area (Å²) >= 11 is 0. The summed E-state index contributed by atoms with van der Waals surface area (Å²) in [5.41, 5.74) is 7.03. The number of hydrogen-bond donors (Lipinski definition) is 2. The molecule has 1 saturated heterocycles. The lowest BCUT2D eigenvalue weighted by Crippen LogP contribution is -2.50. The molecule has 156 valence electrons. The van der Waals surface area contributed by atoms with Crippen molar-refractivity contribution in [3.05, 3.63) is 35.9 Å². The molecule has 5 nitrogen and oxygen atoms in total. The number of hydrogen-bond acceptors (Lipinski definition) is 3. The molecule has 1 saturated carbocycles. The summed E-state index contributed by atoms with van der Waals surface area (Å²) < 4.78 is 0. The molecule has 2 fully saturated rings. The Balaban J connectivity index is 0.00000280. The van der Waals surface area contributed by atoms with Crippen molar-refractivity contribution >= 4 is 24.2 Å². The van der Waals surface area contributed by atoms with E-state index in [0.29, 0.717) is 19.4 Å². The van der Waals surface area contributed by atoms with Gasteiger partial charge in [-0.15, -0.1) is 12.4 Å². The Morgan fingerprint density at radius 2 is 1.68 bits per heavy atom. The van der Waals surface area contributed by atoms with E-state index in [1.54, 1.807) is 0 Å². The number of carbonyl (C=O) groups excluding carboxylic acids is 2. The van der Waals surface area contributed by atoms with Crippen molar-refractivity contribution in [2.24, 2.45) is 11.1 Å². The van der Waals surface area contributed by atoms with Gasteiger partial charge >= 0.3 is 0 Å². The minimum atomic E-state index is -0.489. The van der Waals surface area contributed by atoms with Gasteiger partial charge in [0, 0.05) is 25.9 Å². The zero-order chi connectivity index (χ0) is 19.1. The number of nitrogens with zero attached hydrogens (tertiary/aromatic N) is 1. The maximum Gasteiger partial charge on any atom is 0.245 e. The van der Waals surface area contributed by atoms with Gasteiger partial charge in [0.25, 0.3) is 0 Å². The average Bonchev–Trinajstić information content (AvgIpc) is 3.23. The van der Waals surface area contributed by atoms with Crippen molar-refractivity contribution in [2.75, 3.05) is 19.6 Å². The highest BCUT2D eigenvalue weighted by molar-refractivity contribution is 5.88. The van der Waals surface area contributed by atoms with E-state index in [9.17, 15) is 9.59 Å². The molecule has 0 radical (unpaired) electrons. The molecule has 3 rings (SSSR count). The van der Waals surface area contributed by atoms with Crippen molar-refractivity contribution in [3.63, 3.8) is 0 Å². The summed E-state index contributed by atoms with van der Waals surface area (Å²) in [6.45, 7) is 2.14. The molecule has 1 heterocycles. The molecule has 6 heteroatoms. The Morgan fingerprint density at radius 1 is 1.04 bits per heavy atom. The number of nitrogens with one attached hydrogen (secondary N) is 1. The summed E-state index contributed by atoms with van der Waals surface area (Å²) in [7, 11) is 0. The molecule has 0 spiro atoms. The van der Waals surface area contributed by atoms with Gasteiger partial charge in [0.15, 0.2) is 0 Å². The summed E-state index contributed by atoms with van der Waals surface area (Å²) in [6.07, 6.45) is 8.62. The first kappa shape index (κ1) is 22.7. The number of rotatable bonds is 7. The topological polar surface area (TPSA) is 75.4 Å². The third-order valence-electron chi connectivity index (χ3n) is 6.22. The first-order valence-electron chi connectivity index (χ1n) is 10.4. The minimum absolute atomic E-state index is 0. The van der Waals surface area contributed by atoms with Crippen LogP contribution in [0.5, 0.6) is 0 Å². The van der Waals surface area contributed by atoms with Gasteiger partial charge in [0.2, 0.25) is 11.8 Å². The van der Waals surface area contributed by atoms with Gasteiger partial charge in [0.1, 0.15) is 6.04 Å². The second-order valence-corrected chi connectivity index (χ2v) is 8.28. The number of halogens is 1. The molecule has 2 amide bonds. The highest BCUT2D eigenvalue weighted by Gasteiger charge is 2.35. The fraction of sp³-hybridized carbons (Fsp3) is 0.636. The molecule has 1 aliphatic heterocycles. The van der Waals surface area contributed by atoms with Crippen LogP contribution in [-0.2, 0) is 16.0 Å². The first-order chi connectivity index (χ1) is 13.1. The zero-order valence-corrected chi connectivity index (χ0v) is 17.5. The lowest BCUT2D eigenvalue weighted by atomic mass is 9.71. The van der Waals surface area contributed by atoms with Crippen LogP contribution < -0.4 is 11.1 Å². The fourth-order valence-corrected chi connectivity index (χ4v) is 4.55. The summed E-state index contributed by atoms with van der Waals surface area (Å²) in [5, 5.41) is 3.06. The van der Waals surface area contributed by atoms with Crippen molar-refractivity contribution in [2.45, 2.75) is 63.8 Å². The number of carbonyl (C=O) groups is 2. The number of likely N-dealkylation sites (tertiary alicyclic amines) is 1. The van der Waals surface area contributed by atoms with Gasteiger partial charge in [0.05, 0.1) is 0 Å². The van der Waals surface area contributed by atoms with E-state index in [0.717, 1.165) is 57.2 Å². The predicted molar refractivity (Wildman–Crippen MR) is 114 cm³/mol. The van der Waals surface area contributed by atoms with Crippen LogP contribution in [0.15, 0.2) is 30.3 Å². The van der Waals surface area contributed by atoms with Crippen molar-refractivity contribution in [3.8, 4) is 0 Å². The molecule has 1 aliphatic carbocycles. The monoisotopic (exact) mass is 407 g/mol. The molecule has 1 atom stereocenters. The average molecular weight is 408 g/mol. The summed E-state index contributed by atoms with van der Waals surface area (Å²) in [5.74, 6) is 0.0194. The normalized spacial score (nSPS) is 19.5. The van der Waals surface area contributed by atoms with Gasteiger partial charge in [-0.05, 0) is 43.2 Å². The van der Waals surface area contributed by atoms with E-state index in [1.807, 2.05) is 35.2 Å². The van der Waals surface area contributed by atoms with Gasteiger partial charge < -0.3 is 16.0 Å². The molecular formula is C22H34ClN3O2. The van der Waals surface area contributed by atoms with E-state index in [2.05, 4.69) is 5.32 Å². The number of benzene rings is 1. The Bertz CT molecular complexity index is 626. The summed E-state index contributed by atoms with van der Waals surface area (Å²) in [6, 6.07) is 9.45. The lowest BCUT2D eigenvalue weighted by molar-refractivity contribution is -0.136. The molecule has 0 aromatic heterocycles. The molecule has 28 heavy (non-hydrogen) atoms. The Morgan fingerprint density at radius 3 is 2.29 bits per heavy atom. The SMILES string of the molecule is Cl.NCC1(CC(=O)NC(Cc2ccccc2)C(=O)N2CCCC2)CCCCC1. The standard InChI is InChI=1S/C22H33N3O2.ClH/c23-17-22(11-5-2-6-12-22)16-20(26)24-19(15-18-9-3-1-4-10-18)21(27)25-13-7-8-14-25;/h1,3-4,9-10,19H,2,5-8,11-17,23H2,(H,24,26);1H. The van der Waals surface area contributed by atoms with E-state index in [4.69, 9.17) is 5.73 Å². The van der Waals surface area contributed by atoms with Crippen LogP contribution in [0, 0.1) is 5.41 Å². The highest BCUT2D eigenvalue weighted by atomic mass is 35.5. The van der Waals surface area contributed by atoms with Crippen LogP contribution in [-0.4, -0.2) is 42.4 Å². The van der Waals surface area contributed by atoms with Crippen LogP contribution in [0.25, 0.3) is 0 Å². The maximum absolute atomic E-state index is 13.0. The van der Waals surface area contributed by atoms with E-state index in [1.165, 1.54) is 6.42 Å². The predicted octanol–water partition coefficient (Wildman–Crippen LogP) is 3.06. The molecular weight excluding hydrogens is 374 g/mol. The Labute approximate surface area is 174 Å². The third kappa shape index (κ3) is 5.95. The highest BCUT2D eigenvalue weighted by Crippen LogP contribution is 2.38. The first-order valence-corrected chi connectivity index (χ1v) is 10.4. The van der Waals surface area contributed by atoms with Gasteiger partial charge in [-0.3, -0.25) is 9.59 Å². The van der Waals surface area contributed by atoms with Crippen LogP contribution in [0.4, 0.5) is 0 Å². The van der Waals surface area contributed by atoms with E-state index < -0.39 is 6.04 Å². The van der Waals surface area contributed by atoms with Crippen molar-refractivity contribution < 1.29 is 9.59 Å². The molecule has 3 N–H and O–H groups in total. The van der Waals surface area contributed by atoms with Crippen molar-refractivity contribution in [1.82, 2.24) is 10.2 Å². The molecule has 1 aromatic carbocycles. The van der Waals surface area contributed by atoms with E-state index >= 15 is 0 Å². The number of nitrogens with two attached hydrogens (primary N) is 1. The molecule has 1 aromatic rings. The van der Waals surface area contributed by atoms with Crippen LogP contribution in [0.2, 0.25) is 0 Å². The van der Waals surface area contributed by atoms with E-state index in [-0.39, 0.29) is 29.6 Å². The number of amides is 2. The second-order valence-electron chi connectivity index (χ2n) is 8.28. The maximum atomic E-state index is 13.0. The fourth-order valence-electron chi connectivity index (χ4n) is 4.55. The molecule has 2 aliphatic rings. The molecule has 1 unspecified atom stereocenters. The van der Waals surface area contributed by atoms with Crippen LogP contribution in [0.3, 0.4) is 0 Å². The minimum Gasteiger partial charge on any atom is -0.344 e. The lowest BCUT2D eigenvalue weighted by Gasteiger charge is -2.36. The van der Waals surface area contributed by atoms with Crippen LogP contribution >= 0.6 is 12.4 Å². The smallest absolute Gasteiger partial charge is 0.245 e.